The average molecular weight is 170 g/mol. The maximum absolute atomic E-state index is 10.6. The van der Waals surface area contributed by atoms with Gasteiger partial charge in [0.05, 0.1) is 5.92 Å². The molecule has 0 spiro atoms. The fourth-order valence-electron chi connectivity index (χ4n) is 1.04. The van der Waals surface area contributed by atoms with Gasteiger partial charge in [0.2, 0.25) is 0 Å². The summed E-state index contributed by atoms with van der Waals surface area (Å²) in [6, 6.07) is 0. The van der Waals surface area contributed by atoms with E-state index >= 15 is 0 Å². The molecular formula is C10H18O2. The summed E-state index contributed by atoms with van der Waals surface area (Å²) in [6.07, 6.45) is 7.51. The van der Waals surface area contributed by atoms with Crippen LogP contribution in [0.4, 0.5) is 0 Å². The van der Waals surface area contributed by atoms with Crippen LogP contribution in [0, 0.1) is 5.92 Å². The molecule has 1 N–H and O–H groups in total. The van der Waals surface area contributed by atoms with Crippen LogP contribution < -0.4 is 0 Å². The van der Waals surface area contributed by atoms with Gasteiger partial charge in [-0.15, -0.1) is 0 Å². The quantitative estimate of drug-likeness (QED) is 0.622. The molecule has 0 fully saturated rings. The Kier molecular flexibility index (Phi) is 6.44. The third kappa shape index (κ3) is 4.94. The molecule has 70 valence electrons. The highest BCUT2D eigenvalue weighted by atomic mass is 16.4. The molecule has 0 aliphatic rings. The Morgan fingerprint density at radius 2 is 2.08 bits per heavy atom. The molecule has 0 aliphatic heterocycles. The molecule has 0 aromatic heterocycles. The smallest absolute Gasteiger partial charge is 0.310 e. The van der Waals surface area contributed by atoms with Gasteiger partial charge in [-0.1, -0.05) is 38.8 Å². The zero-order valence-electron chi connectivity index (χ0n) is 7.92. The van der Waals surface area contributed by atoms with Gasteiger partial charge >= 0.3 is 5.97 Å². The molecule has 0 rings (SSSR count). The third-order valence-corrected chi connectivity index (χ3v) is 1.74. The Morgan fingerprint density at radius 3 is 2.50 bits per heavy atom. The first kappa shape index (κ1) is 11.2. The third-order valence-electron chi connectivity index (χ3n) is 1.74. The topological polar surface area (TPSA) is 37.3 Å². The summed E-state index contributed by atoms with van der Waals surface area (Å²) in [5.74, 6) is -0.981. The first-order valence-electron chi connectivity index (χ1n) is 4.61. The van der Waals surface area contributed by atoms with Gasteiger partial charge < -0.3 is 5.11 Å². The van der Waals surface area contributed by atoms with Gasteiger partial charge in [0.1, 0.15) is 0 Å². The summed E-state index contributed by atoms with van der Waals surface area (Å²) in [5, 5.41) is 8.75. The summed E-state index contributed by atoms with van der Waals surface area (Å²) >= 11 is 0. The van der Waals surface area contributed by atoms with Crippen molar-refractivity contribution in [1.82, 2.24) is 0 Å². The second-order valence-electron chi connectivity index (χ2n) is 2.95. The molecule has 0 amide bonds. The SMILES string of the molecule is CCC/C=C/C(CCC)C(=O)O. The minimum atomic E-state index is -0.704. The van der Waals surface area contributed by atoms with Crippen molar-refractivity contribution in [3.8, 4) is 0 Å². The highest BCUT2D eigenvalue weighted by Gasteiger charge is 2.11. The molecule has 0 aromatic rings. The summed E-state index contributed by atoms with van der Waals surface area (Å²) in [7, 11) is 0. The van der Waals surface area contributed by atoms with Crippen LogP contribution in [-0.2, 0) is 4.79 Å². The van der Waals surface area contributed by atoms with Crippen LogP contribution in [0.2, 0.25) is 0 Å². The van der Waals surface area contributed by atoms with Crippen LogP contribution in [-0.4, -0.2) is 11.1 Å². The van der Waals surface area contributed by atoms with Crippen LogP contribution in [0.3, 0.4) is 0 Å². The largest absolute Gasteiger partial charge is 0.481 e. The van der Waals surface area contributed by atoms with E-state index in [1.165, 1.54) is 0 Å². The lowest BCUT2D eigenvalue weighted by atomic mass is 10.0. The molecule has 0 heterocycles. The van der Waals surface area contributed by atoms with E-state index in [0.717, 1.165) is 25.7 Å². The number of carboxylic acids is 1. The molecule has 2 nitrogen and oxygen atoms in total. The molecule has 0 saturated heterocycles. The molecule has 1 atom stereocenters. The highest BCUT2D eigenvalue weighted by Crippen LogP contribution is 2.08. The Labute approximate surface area is 74.3 Å². The fourth-order valence-corrected chi connectivity index (χ4v) is 1.04. The summed E-state index contributed by atoms with van der Waals surface area (Å²) in [5.41, 5.74) is 0. The van der Waals surface area contributed by atoms with Gasteiger partial charge in [0, 0.05) is 0 Å². The van der Waals surface area contributed by atoms with E-state index in [9.17, 15) is 4.79 Å². The lowest BCUT2D eigenvalue weighted by Crippen LogP contribution is -2.10. The zero-order valence-corrected chi connectivity index (χ0v) is 7.92. The standard InChI is InChI=1S/C10H18O2/c1-3-5-6-8-9(7-4-2)10(11)12/h6,8-9H,3-5,7H2,1-2H3,(H,11,12)/b8-6+. The van der Waals surface area contributed by atoms with E-state index in [1.54, 1.807) is 0 Å². The molecule has 0 aliphatic carbocycles. The number of carboxylic acid groups (broad SMARTS) is 1. The van der Waals surface area contributed by atoms with E-state index in [-0.39, 0.29) is 5.92 Å². The molecule has 0 bridgehead atoms. The maximum atomic E-state index is 10.6. The van der Waals surface area contributed by atoms with Crippen LogP contribution >= 0.6 is 0 Å². The van der Waals surface area contributed by atoms with Crippen molar-refractivity contribution in [1.29, 1.82) is 0 Å². The van der Waals surface area contributed by atoms with Crippen molar-refractivity contribution < 1.29 is 9.90 Å². The van der Waals surface area contributed by atoms with Gasteiger partial charge in [0.25, 0.3) is 0 Å². The average Bonchev–Trinajstić information content (AvgIpc) is 2.03. The molecule has 0 radical (unpaired) electrons. The summed E-state index contributed by atoms with van der Waals surface area (Å²) < 4.78 is 0. The van der Waals surface area contributed by atoms with E-state index in [2.05, 4.69) is 6.92 Å². The van der Waals surface area contributed by atoms with E-state index in [1.807, 2.05) is 19.1 Å². The number of carbonyl (C=O) groups is 1. The van der Waals surface area contributed by atoms with Gasteiger partial charge in [-0.3, -0.25) is 4.79 Å². The van der Waals surface area contributed by atoms with Crippen molar-refractivity contribution in [2.75, 3.05) is 0 Å². The van der Waals surface area contributed by atoms with Crippen LogP contribution in [0.25, 0.3) is 0 Å². The van der Waals surface area contributed by atoms with Gasteiger partial charge in [0.15, 0.2) is 0 Å². The zero-order chi connectivity index (χ0) is 9.40. The maximum Gasteiger partial charge on any atom is 0.310 e. The number of allylic oxidation sites excluding steroid dienone is 1. The Hall–Kier alpha value is -0.790. The fraction of sp³-hybridized carbons (Fsp3) is 0.700. The van der Waals surface area contributed by atoms with Crippen molar-refractivity contribution in [2.45, 2.75) is 39.5 Å². The van der Waals surface area contributed by atoms with Gasteiger partial charge in [-0.25, -0.2) is 0 Å². The molecule has 1 unspecified atom stereocenters. The number of aliphatic carboxylic acids is 1. The van der Waals surface area contributed by atoms with Gasteiger partial charge in [-0.05, 0) is 12.8 Å². The Morgan fingerprint density at radius 1 is 1.42 bits per heavy atom. The molecule has 0 saturated carbocycles. The van der Waals surface area contributed by atoms with Crippen LogP contribution in [0.15, 0.2) is 12.2 Å². The first-order valence-corrected chi connectivity index (χ1v) is 4.61. The minimum Gasteiger partial charge on any atom is -0.481 e. The van der Waals surface area contributed by atoms with Crippen LogP contribution in [0.5, 0.6) is 0 Å². The second-order valence-corrected chi connectivity index (χ2v) is 2.95. The monoisotopic (exact) mass is 170 g/mol. The number of rotatable bonds is 6. The van der Waals surface area contributed by atoms with Crippen molar-refractivity contribution in [2.24, 2.45) is 5.92 Å². The Bertz CT molecular complexity index is 150. The number of unbranched alkanes of at least 4 members (excludes halogenated alkanes) is 1. The van der Waals surface area contributed by atoms with E-state index in [0.29, 0.717) is 0 Å². The van der Waals surface area contributed by atoms with Crippen molar-refractivity contribution >= 4 is 5.97 Å². The van der Waals surface area contributed by atoms with Crippen LogP contribution in [0.1, 0.15) is 39.5 Å². The number of hydrogen-bond acceptors (Lipinski definition) is 1. The first-order chi connectivity index (χ1) is 5.72. The number of hydrogen-bond donors (Lipinski definition) is 1. The molecule has 0 aromatic carbocycles. The van der Waals surface area contributed by atoms with Gasteiger partial charge in [-0.2, -0.15) is 0 Å². The molecule has 12 heavy (non-hydrogen) atoms. The van der Waals surface area contributed by atoms with Crippen molar-refractivity contribution in [3.05, 3.63) is 12.2 Å². The van der Waals surface area contributed by atoms with E-state index in [4.69, 9.17) is 5.11 Å². The summed E-state index contributed by atoms with van der Waals surface area (Å²) in [6.45, 7) is 4.09. The van der Waals surface area contributed by atoms with E-state index < -0.39 is 5.97 Å². The summed E-state index contributed by atoms with van der Waals surface area (Å²) in [4.78, 5) is 10.6. The predicted octanol–water partition coefficient (Wildman–Crippen LogP) is 2.84. The molecule has 2 heteroatoms. The predicted molar refractivity (Wildman–Crippen MR) is 50.1 cm³/mol. The highest BCUT2D eigenvalue weighted by molar-refractivity contribution is 5.72. The normalized spacial score (nSPS) is 13.5. The lowest BCUT2D eigenvalue weighted by Gasteiger charge is -2.03. The van der Waals surface area contributed by atoms with Crippen molar-refractivity contribution in [3.63, 3.8) is 0 Å². The Balaban J connectivity index is 3.85. The molecular weight excluding hydrogens is 152 g/mol. The minimum absolute atomic E-state index is 0.276. The second kappa shape index (κ2) is 6.89. The lowest BCUT2D eigenvalue weighted by molar-refractivity contribution is -0.140.